The largest absolute Gasteiger partial charge is 0.507 e. The molecule has 0 saturated heterocycles. The summed E-state index contributed by atoms with van der Waals surface area (Å²) in [6, 6.07) is 17.9. The van der Waals surface area contributed by atoms with Crippen LogP contribution in [0, 0.1) is 6.92 Å². The van der Waals surface area contributed by atoms with Crippen LogP contribution in [-0.4, -0.2) is 9.32 Å². The molecule has 0 bridgehead atoms. The number of hydrogen-bond donors (Lipinski definition) is 2. The Morgan fingerprint density at radius 1 is 1.00 bits per heavy atom. The maximum atomic E-state index is 12.1. The third-order valence-electron chi connectivity index (χ3n) is 3.26. The Balaban J connectivity index is 1.88. The van der Waals surface area contributed by atoms with E-state index in [-0.39, 0.29) is 5.75 Å². The van der Waals surface area contributed by atoms with Crippen LogP contribution in [0.25, 0.3) is 10.8 Å². The van der Waals surface area contributed by atoms with Crippen molar-refractivity contribution < 1.29 is 13.5 Å². The first-order valence-corrected chi connectivity index (χ1v) is 7.85. The smallest absolute Gasteiger partial charge is 0.316 e. The van der Waals surface area contributed by atoms with E-state index in [0.717, 1.165) is 10.9 Å². The molecular formula is C17H15NO3S. The zero-order valence-corrected chi connectivity index (χ0v) is 12.8. The number of nitrogens with one attached hydrogen (secondary N) is 1. The van der Waals surface area contributed by atoms with Gasteiger partial charge in [0, 0.05) is 10.8 Å². The van der Waals surface area contributed by atoms with Crippen LogP contribution in [0.15, 0.2) is 60.7 Å². The van der Waals surface area contributed by atoms with Gasteiger partial charge in [0.2, 0.25) is 0 Å². The maximum absolute atomic E-state index is 12.1. The number of phenols is 1. The van der Waals surface area contributed by atoms with Gasteiger partial charge in [-0.2, -0.15) is 4.21 Å². The molecule has 0 radical (unpaired) electrons. The minimum absolute atomic E-state index is 0.194. The number of benzene rings is 3. The highest BCUT2D eigenvalue weighted by molar-refractivity contribution is 7.82. The number of para-hydroxylation sites is 1. The predicted molar refractivity (Wildman–Crippen MR) is 89.2 cm³/mol. The fraction of sp³-hybridized carbons (Fsp3) is 0.0588. The molecule has 0 heterocycles. The monoisotopic (exact) mass is 313 g/mol. The second-order valence-electron chi connectivity index (χ2n) is 4.91. The minimum atomic E-state index is -1.72. The second-order valence-corrected chi connectivity index (χ2v) is 5.75. The molecule has 4 nitrogen and oxygen atoms in total. The Morgan fingerprint density at radius 2 is 1.77 bits per heavy atom. The van der Waals surface area contributed by atoms with Crippen molar-refractivity contribution in [3.63, 3.8) is 0 Å². The van der Waals surface area contributed by atoms with Gasteiger partial charge in [-0.1, -0.05) is 35.9 Å². The fourth-order valence-corrected chi connectivity index (χ4v) is 2.89. The molecule has 0 aliphatic rings. The van der Waals surface area contributed by atoms with Gasteiger partial charge in [0.25, 0.3) is 0 Å². The molecule has 112 valence electrons. The molecule has 3 aromatic rings. The van der Waals surface area contributed by atoms with E-state index in [1.54, 1.807) is 24.3 Å². The highest BCUT2D eigenvalue weighted by Gasteiger charge is 2.09. The van der Waals surface area contributed by atoms with E-state index in [4.69, 9.17) is 4.18 Å². The molecule has 0 saturated carbocycles. The molecule has 1 unspecified atom stereocenters. The lowest BCUT2D eigenvalue weighted by atomic mass is 10.1. The van der Waals surface area contributed by atoms with Gasteiger partial charge in [-0.05, 0) is 37.3 Å². The second kappa shape index (κ2) is 6.07. The van der Waals surface area contributed by atoms with E-state index in [1.165, 1.54) is 0 Å². The van der Waals surface area contributed by atoms with Crippen LogP contribution >= 0.6 is 0 Å². The van der Waals surface area contributed by atoms with Gasteiger partial charge < -0.3 is 9.29 Å². The Labute approximate surface area is 131 Å². The third kappa shape index (κ3) is 3.04. The Kier molecular flexibility index (Phi) is 3.98. The summed E-state index contributed by atoms with van der Waals surface area (Å²) in [7, 11) is 0. The summed E-state index contributed by atoms with van der Waals surface area (Å²) in [5, 5.41) is 11.5. The van der Waals surface area contributed by atoms with Crippen LogP contribution in [0.5, 0.6) is 11.5 Å². The molecule has 0 spiro atoms. The molecule has 3 aromatic carbocycles. The average molecular weight is 313 g/mol. The highest BCUT2D eigenvalue weighted by atomic mass is 32.2. The topological polar surface area (TPSA) is 58.6 Å². The number of aromatic hydroxyl groups is 1. The lowest BCUT2D eigenvalue weighted by Crippen LogP contribution is -2.11. The summed E-state index contributed by atoms with van der Waals surface area (Å²) in [6.45, 7) is 1.95. The molecule has 3 rings (SSSR count). The summed E-state index contributed by atoms with van der Waals surface area (Å²) in [5.41, 5.74) is 1.68. The van der Waals surface area contributed by atoms with Crippen molar-refractivity contribution >= 4 is 27.7 Å². The van der Waals surface area contributed by atoms with E-state index < -0.39 is 11.3 Å². The average Bonchev–Trinajstić information content (AvgIpc) is 2.51. The van der Waals surface area contributed by atoms with Crippen LogP contribution < -0.4 is 8.91 Å². The number of aryl methyl sites for hydroxylation is 1. The molecule has 0 fully saturated rings. The van der Waals surface area contributed by atoms with Crippen molar-refractivity contribution in [2.24, 2.45) is 0 Å². The lowest BCUT2D eigenvalue weighted by Gasteiger charge is -2.11. The van der Waals surface area contributed by atoms with E-state index in [1.807, 2.05) is 43.3 Å². The first-order valence-electron chi connectivity index (χ1n) is 6.77. The SMILES string of the molecule is Cc1ccc2c(NS(=O)Oc3ccccc3)ccc(O)c2c1. The van der Waals surface area contributed by atoms with E-state index in [2.05, 4.69) is 4.72 Å². The van der Waals surface area contributed by atoms with Crippen molar-refractivity contribution in [3.05, 3.63) is 66.2 Å². The molecule has 0 aliphatic heterocycles. The van der Waals surface area contributed by atoms with Gasteiger partial charge in [-0.25, -0.2) is 0 Å². The van der Waals surface area contributed by atoms with Crippen molar-refractivity contribution in [1.82, 2.24) is 0 Å². The van der Waals surface area contributed by atoms with E-state index in [0.29, 0.717) is 16.8 Å². The summed E-state index contributed by atoms with van der Waals surface area (Å²) in [4.78, 5) is 0. The van der Waals surface area contributed by atoms with Crippen molar-refractivity contribution in [2.75, 3.05) is 4.72 Å². The number of fused-ring (bicyclic) bond motifs is 1. The minimum Gasteiger partial charge on any atom is -0.507 e. The standard InChI is InChI=1S/C17H15NO3S/c1-12-7-8-14-15(11-12)17(19)10-9-16(14)18-22(20)21-13-5-3-2-4-6-13/h2-11,18-19H,1H3. The van der Waals surface area contributed by atoms with Gasteiger partial charge in [0.05, 0.1) is 5.69 Å². The number of rotatable bonds is 4. The first-order chi connectivity index (χ1) is 10.6. The Morgan fingerprint density at radius 3 is 2.55 bits per heavy atom. The van der Waals surface area contributed by atoms with E-state index >= 15 is 0 Å². The van der Waals surface area contributed by atoms with Gasteiger partial charge in [0.1, 0.15) is 11.5 Å². The zero-order chi connectivity index (χ0) is 15.5. The Hall–Kier alpha value is -2.53. The van der Waals surface area contributed by atoms with Crippen LogP contribution in [-0.2, 0) is 11.3 Å². The predicted octanol–water partition coefficient (Wildman–Crippen LogP) is 3.92. The summed E-state index contributed by atoms with van der Waals surface area (Å²) in [5.74, 6) is 0.714. The van der Waals surface area contributed by atoms with Crippen molar-refractivity contribution in [1.29, 1.82) is 0 Å². The quantitative estimate of drug-likeness (QED) is 0.718. The number of anilines is 1. The molecule has 22 heavy (non-hydrogen) atoms. The van der Waals surface area contributed by atoms with Gasteiger partial charge in [-0.15, -0.1) is 0 Å². The fourth-order valence-electron chi connectivity index (χ4n) is 2.21. The van der Waals surface area contributed by atoms with Crippen molar-refractivity contribution in [3.8, 4) is 11.5 Å². The molecule has 0 amide bonds. The molecule has 5 heteroatoms. The van der Waals surface area contributed by atoms with Crippen LogP contribution in [0.3, 0.4) is 0 Å². The van der Waals surface area contributed by atoms with E-state index in [9.17, 15) is 9.32 Å². The number of hydrogen-bond acceptors (Lipinski definition) is 3. The number of phenolic OH excluding ortho intramolecular Hbond substituents is 1. The molecule has 1 atom stereocenters. The van der Waals surface area contributed by atoms with Gasteiger partial charge in [-0.3, -0.25) is 4.72 Å². The summed E-state index contributed by atoms with van der Waals surface area (Å²) in [6.07, 6.45) is 0. The summed E-state index contributed by atoms with van der Waals surface area (Å²) < 4.78 is 20.2. The van der Waals surface area contributed by atoms with Gasteiger partial charge >= 0.3 is 11.3 Å². The lowest BCUT2D eigenvalue weighted by molar-refractivity contribution is 0.481. The molecule has 2 N–H and O–H groups in total. The van der Waals surface area contributed by atoms with Crippen LogP contribution in [0.4, 0.5) is 5.69 Å². The van der Waals surface area contributed by atoms with Crippen LogP contribution in [0.2, 0.25) is 0 Å². The maximum Gasteiger partial charge on any atom is 0.316 e. The molecular weight excluding hydrogens is 298 g/mol. The normalized spacial score (nSPS) is 12.0. The first kappa shape index (κ1) is 14.4. The zero-order valence-electron chi connectivity index (χ0n) is 11.9. The molecule has 0 aromatic heterocycles. The van der Waals surface area contributed by atoms with Crippen LogP contribution in [0.1, 0.15) is 5.56 Å². The summed E-state index contributed by atoms with van der Waals surface area (Å²) >= 11 is -1.72. The third-order valence-corrected chi connectivity index (χ3v) is 3.99. The Bertz CT molecular complexity index is 834. The van der Waals surface area contributed by atoms with Gasteiger partial charge in [0.15, 0.2) is 0 Å². The molecule has 0 aliphatic carbocycles. The highest BCUT2D eigenvalue weighted by Crippen LogP contribution is 2.32. The van der Waals surface area contributed by atoms with Crippen molar-refractivity contribution in [2.45, 2.75) is 6.92 Å².